The topological polar surface area (TPSA) is 53.3 Å². The van der Waals surface area contributed by atoms with E-state index in [-0.39, 0.29) is 17.9 Å². The van der Waals surface area contributed by atoms with Gasteiger partial charge in [0.15, 0.2) is 0 Å². The van der Waals surface area contributed by atoms with Gasteiger partial charge in [-0.25, -0.2) is 0 Å². The highest BCUT2D eigenvalue weighted by Crippen LogP contribution is 2.34. The van der Waals surface area contributed by atoms with E-state index in [1.54, 1.807) is 11.9 Å². The van der Waals surface area contributed by atoms with Gasteiger partial charge in [-0.2, -0.15) is 5.26 Å². The highest BCUT2D eigenvalue weighted by atomic mass is 16.5. The van der Waals surface area contributed by atoms with E-state index >= 15 is 0 Å². The van der Waals surface area contributed by atoms with Crippen molar-refractivity contribution in [2.45, 2.75) is 31.7 Å². The number of benzene rings is 1. The summed E-state index contributed by atoms with van der Waals surface area (Å²) in [5.74, 6) is 0.711. The number of fused-ring (bicyclic) bond motifs is 1. The van der Waals surface area contributed by atoms with Crippen molar-refractivity contribution < 1.29 is 9.53 Å². The lowest BCUT2D eigenvalue weighted by Crippen LogP contribution is -2.39. The molecule has 0 bridgehead atoms. The molecule has 0 aliphatic carbocycles. The molecular weight excluding hydrogens is 240 g/mol. The Hall–Kier alpha value is -2.02. The van der Waals surface area contributed by atoms with E-state index in [0.717, 1.165) is 11.3 Å². The minimum atomic E-state index is -0.156. The number of ether oxygens (including phenoxy) is 1. The normalized spacial score (nSPS) is 18.7. The first-order chi connectivity index (χ1) is 9.15. The Balaban J connectivity index is 2.19. The van der Waals surface area contributed by atoms with Crippen LogP contribution in [0.5, 0.6) is 5.75 Å². The van der Waals surface area contributed by atoms with Gasteiger partial charge in [-0.3, -0.25) is 4.79 Å². The van der Waals surface area contributed by atoms with Crippen LogP contribution in [-0.4, -0.2) is 30.5 Å². The van der Waals surface area contributed by atoms with Gasteiger partial charge >= 0.3 is 0 Å². The zero-order valence-electron chi connectivity index (χ0n) is 11.3. The van der Waals surface area contributed by atoms with Crippen LogP contribution in [0.3, 0.4) is 0 Å². The van der Waals surface area contributed by atoms with E-state index in [2.05, 4.69) is 6.07 Å². The fourth-order valence-corrected chi connectivity index (χ4v) is 2.33. The van der Waals surface area contributed by atoms with Gasteiger partial charge in [0.1, 0.15) is 5.75 Å². The van der Waals surface area contributed by atoms with Crippen LogP contribution in [0.25, 0.3) is 0 Å². The number of nitriles is 1. The number of amides is 1. The van der Waals surface area contributed by atoms with E-state index in [0.29, 0.717) is 19.4 Å². The fraction of sp³-hybridized carbons (Fsp3) is 0.467. The van der Waals surface area contributed by atoms with E-state index in [9.17, 15) is 4.79 Å². The van der Waals surface area contributed by atoms with Gasteiger partial charge in [-0.15, -0.1) is 0 Å². The summed E-state index contributed by atoms with van der Waals surface area (Å²) in [6, 6.07) is 9.72. The molecule has 1 heterocycles. The Labute approximate surface area is 113 Å². The lowest BCUT2D eigenvalue weighted by atomic mass is 9.91. The third-order valence-corrected chi connectivity index (χ3v) is 3.65. The molecule has 0 N–H and O–H groups in total. The van der Waals surface area contributed by atoms with Gasteiger partial charge in [0.2, 0.25) is 5.91 Å². The highest BCUT2D eigenvalue weighted by Gasteiger charge is 2.30. The van der Waals surface area contributed by atoms with Crippen LogP contribution in [0.15, 0.2) is 24.3 Å². The molecule has 0 saturated heterocycles. The Kier molecular flexibility index (Phi) is 4.06. The zero-order chi connectivity index (χ0) is 13.8. The molecule has 0 saturated carbocycles. The van der Waals surface area contributed by atoms with Crippen molar-refractivity contribution in [3.05, 3.63) is 29.8 Å². The maximum atomic E-state index is 12.5. The Morgan fingerprint density at radius 2 is 2.32 bits per heavy atom. The van der Waals surface area contributed by atoms with Gasteiger partial charge in [0, 0.05) is 18.7 Å². The van der Waals surface area contributed by atoms with Crippen LogP contribution in [0.1, 0.15) is 31.2 Å². The molecule has 1 aliphatic heterocycles. The minimum Gasteiger partial charge on any atom is -0.493 e. The molecule has 0 fully saturated rings. The number of nitrogens with zero attached hydrogens (tertiary/aromatic N) is 2. The molecule has 4 heteroatoms. The van der Waals surface area contributed by atoms with Crippen molar-refractivity contribution in [1.82, 2.24) is 4.90 Å². The second-order valence-electron chi connectivity index (χ2n) is 4.89. The van der Waals surface area contributed by atoms with E-state index in [1.165, 1.54) is 0 Å². The summed E-state index contributed by atoms with van der Waals surface area (Å²) in [7, 11) is 1.77. The lowest BCUT2D eigenvalue weighted by Gasteiger charge is -2.31. The predicted molar refractivity (Wildman–Crippen MR) is 71.8 cm³/mol. The van der Waals surface area contributed by atoms with E-state index in [4.69, 9.17) is 10.00 Å². The van der Waals surface area contributed by atoms with Crippen molar-refractivity contribution in [2.75, 3.05) is 13.7 Å². The first-order valence-corrected chi connectivity index (χ1v) is 6.50. The second kappa shape index (κ2) is 5.75. The third kappa shape index (κ3) is 2.70. The maximum absolute atomic E-state index is 12.5. The van der Waals surface area contributed by atoms with Crippen molar-refractivity contribution >= 4 is 5.91 Å². The average Bonchev–Trinajstić information content (AvgIpc) is 2.45. The average molecular weight is 258 g/mol. The van der Waals surface area contributed by atoms with Crippen molar-refractivity contribution in [2.24, 2.45) is 0 Å². The third-order valence-electron chi connectivity index (χ3n) is 3.65. The van der Waals surface area contributed by atoms with Crippen LogP contribution in [0, 0.1) is 11.3 Å². The SMILES string of the molecule is CC(CC#N)N(C)C(=O)C1CCOc2ccccc21. The molecule has 0 radical (unpaired) electrons. The summed E-state index contributed by atoms with van der Waals surface area (Å²) in [4.78, 5) is 14.2. The maximum Gasteiger partial charge on any atom is 0.230 e. The fourth-order valence-electron chi connectivity index (χ4n) is 2.33. The number of likely N-dealkylation sites (N-methyl/N-ethyl adjacent to an activating group) is 1. The molecular formula is C15H18N2O2. The molecule has 2 rings (SSSR count). The van der Waals surface area contributed by atoms with Gasteiger partial charge in [0.05, 0.1) is 25.0 Å². The van der Waals surface area contributed by atoms with Crippen LogP contribution in [-0.2, 0) is 4.79 Å². The Bertz CT molecular complexity index is 507. The first kappa shape index (κ1) is 13.4. The Morgan fingerprint density at radius 3 is 3.05 bits per heavy atom. The summed E-state index contributed by atoms with van der Waals surface area (Å²) < 4.78 is 5.57. The quantitative estimate of drug-likeness (QED) is 0.836. The summed E-state index contributed by atoms with van der Waals surface area (Å²) in [6.07, 6.45) is 1.05. The van der Waals surface area contributed by atoms with Gasteiger partial charge in [-0.1, -0.05) is 18.2 Å². The number of carbonyl (C=O) groups is 1. The largest absolute Gasteiger partial charge is 0.493 e. The molecule has 2 atom stereocenters. The number of rotatable bonds is 3. The van der Waals surface area contributed by atoms with Crippen molar-refractivity contribution in [1.29, 1.82) is 5.26 Å². The highest BCUT2D eigenvalue weighted by molar-refractivity contribution is 5.84. The van der Waals surface area contributed by atoms with Crippen LogP contribution >= 0.6 is 0 Å². The molecule has 1 aliphatic rings. The zero-order valence-corrected chi connectivity index (χ0v) is 11.3. The second-order valence-corrected chi connectivity index (χ2v) is 4.89. The molecule has 4 nitrogen and oxygen atoms in total. The first-order valence-electron chi connectivity index (χ1n) is 6.50. The molecule has 1 aromatic carbocycles. The molecule has 0 aromatic heterocycles. The van der Waals surface area contributed by atoms with Crippen LogP contribution < -0.4 is 4.74 Å². The number of hydrogen-bond donors (Lipinski definition) is 0. The molecule has 1 amide bonds. The monoisotopic (exact) mass is 258 g/mol. The number of hydrogen-bond acceptors (Lipinski definition) is 3. The summed E-state index contributed by atoms with van der Waals surface area (Å²) in [5.41, 5.74) is 0.953. The Morgan fingerprint density at radius 1 is 1.58 bits per heavy atom. The molecule has 19 heavy (non-hydrogen) atoms. The van der Waals surface area contributed by atoms with Crippen LogP contribution in [0.4, 0.5) is 0 Å². The number of carbonyl (C=O) groups excluding carboxylic acids is 1. The summed E-state index contributed by atoms with van der Waals surface area (Å²) in [6.45, 7) is 2.46. The van der Waals surface area contributed by atoms with Gasteiger partial charge < -0.3 is 9.64 Å². The predicted octanol–water partition coefficient (Wildman–Crippen LogP) is 2.31. The standard InChI is InChI=1S/C15H18N2O2/c1-11(7-9-16)17(2)15(18)13-8-10-19-14-6-4-3-5-12(13)14/h3-6,11,13H,7-8,10H2,1-2H3. The van der Waals surface area contributed by atoms with Crippen molar-refractivity contribution in [3.63, 3.8) is 0 Å². The minimum absolute atomic E-state index is 0.0625. The van der Waals surface area contributed by atoms with Gasteiger partial charge in [0.25, 0.3) is 0 Å². The smallest absolute Gasteiger partial charge is 0.230 e. The molecule has 2 unspecified atom stereocenters. The molecule has 0 spiro atoms. The summed E-state index contributed by atoms with van der Waals surface area (Å²) in [5, 5.41) is 8.73. The van der Waals surface area contributed by atoms with Crippen LogP contribution in [0.2, 0.25) is 0 Å². The lowest BCUT2D eigenvalue weighted by molar-refractivity contribution is -0.133. The summed E-state index contributed by atoms with van der Waals surface area (Å²) >= 11 is 0. The van der Waals surface area contributed by atoms with E-state index < -0.39 is 0 Å². The van der Waals surface area contributed by atoms with Gasteiger partial charge in [-0.05, 0) is 19.4 Å². The van der Waals surface area contributed by atoms with E-state index in [1.807, 2.05) is 31.2 Å². The van der Waals surface area contributed by atoms with Crippen molar-refractivity contribution in [3.8, 4) is 11.8 Å². The number of para-hydroxylation sites is 1. The molecule has 100 valence electrons. The molecule has 1 aromatic rings.